The summed E-state index contributed by atoms with van der Waals surface area (Å²) in [7, 11) is 5.76. The molecular formula is C24H29ClN3O2+. The Labute approximate surface area is 182 Å². The van der Waals surface area contributed by atoms with Crippen LogP contribution in [0.25, 0.3) is 16.8 Å². The van der Waals surface area contributed by atoms with Gasteiger partial charge in [-0.1, -0.05) is 24.6 Å². The number of nitrogens with zero attached hydrogens (tertiary/aromatic N) is 3. The SMILES string of the molecule is CCc1nn2c(-c3c(OC)cc(Cl)cc3OC)cccc2c1[N+](C)(C1CC1)C1CC1. The molecule has 0 bridgehead atoms. The Morgan fingerprint density at radius 1 is 1.07 bits per heavy atom. The van der Waals surface area contributed by atoms with Crippen molar-refractivity contribution in [2.24, 2.45) is 0 Å². The molecule has 2 fully saturated rings. The third-order valence-electron chi connectivity index (χ3n) is 6.86. The van der Waals surface area contributed by atoms with Crippen LogP contribution in [0.15, 0.2) is 30.3 Å². The fourth-order valence-electron chi connectivity index (χ4n) is 5.07. The molecule has 0 amide bonds. The predicted octanol–water partition coefficient (Wildman–Crippen LogP) is 5.50. The fourth-order valence-corrected chi connectivity index (χ4v) is 5.27. The summed E-state index contributed by atoms with van der Waals surface area (Å²) in [6, 6.07) is 11.5. The van der Waals surface area contributed by atoms with E-state index in [4.69, 9.17) is 26.2 Å². The number of fused-ring (bicyclic) bond motifs is 1. The van der Waals surface area contributed by atoms with E-state index in [1.165, 1.54) is 42.6 Å². The second kappa shape index (κ2) is 7.17. The number of halogens is 1. The molecule has 0 spiro atoms. The normalized spacial score (nSPS) is 16.8. The zero-order valence-electron chi connectivity index (χ0n) is 18.1. The molecule has 2 saturated carbocycles. The lowest BCUT2D eigenvalue weighted by Gasteiger charge is -2.34. The van der Waals surface area contributed by atoms with Crippen LogP contribution < -0.4 is 14.0 Å². The van der Waals surface area contributed by atoms with Crippen molar-refractivity contribution in [2.45, 2.75) is 51.1 Å². The molecule has 30 heavy (non-hydrogen) atoms. The Balaban J connectivity index is 1.79. The molecule has 0 N–H and O–H groups in total. The van der Waals surface area contributed by atoms with Crippen LogP contribution >= 0.6 is 11.6 Å². The molecule has 2 aliphatic rings. The van der Waals surface area contributed by atoms with Crippen molar-refractivity contribution < 1.29 is 9.47 Å². The Morgan fingerprint density at radius 3 is 2.17 bits per heavy atom. The number of rotatable bonds is 7. The molecule has 6 heteroatoms. The molecule has 3 aromatic rings. The minimum atomic E-state index is 0.585. The molecule has 2 aliphatic carbocycles. The molecule has 2 aromatic heterocycles. The highest BCUT2D eigenvalue weighted by atomic mass is 35.5. The van der Waals surface area contributed by atoms with Gasteiger partial charge in [-0.15, -0.1) is 0 Å². The third kappa shape index (κ3) is 2.90. The fraction of sp³-hybridized carbons (Fsp3) is 0.458. The molecule has 2 heterocycles. The molecule has 5 nitrogen and oxygen atoms in total. The van der Waals surface area contributed by atoms with Crippen LogP contribution in [0, 0.1) is 0 Å². The van der Waals surface area contributed by atoms with Crippen LogP contribution in [0.4, 0.5) is 5.69 Å². The van der Waals surface area contributed by atoms with E-state index in [9.17, 15) is 0 Å². The average molecular weight is 427 g/mol. The Kier molecular flexibility index (Phi) is 4.71. The maximum absolute atomic E-state index is 6.30. The van der Waals surface area contributed by atoms with Crippen LogP contribution in [-0.4, -0.2) is 43.0 Å². The second-order valence-electron chi connectivity index (χ2n) is 8.65. The van der Waals surface area contributed by atoms with E-state index in [1.54, 1.807) is 14.2 Å². The number of pyridine rings is 1. The van der Waals surface area contributed by atoms with Gasteiger partial charge in [-0.2, -0.15) is 5.10 Å². The molecule has 0 aliphatic heterocycles. The lowest BCUT2D eigenvalue weighted by Crippen LogP contribution is -2.50. The standard InChI is InChI=1S/C24H29ClN3O2/c1-5-18-24(28(2,16-9-10-16)17-11-12-17)20-8-6-7-19(27(20)26-18)23-21(29-3)13-15(25)14-22(23)30-4/h6-8,13-14,16-17H,5,9-12H2,1-4H3/q+1. The van der Waals surface area contributed by atoms with E-state index in [0.717, 1.165) is 34.2 Å². The molecule has 0 saturated heterocycles. The number of quaternary nitrogens is 1. The van der Waals surface area contributed by atoms with Crippen molar-refractivity contribution in [3.8, 4) is 22.8 Å². The highest BCUT2D eigenvalue weighted by molar-refractivity contribution is 6.31. The lowest BCUT2D eigenvalue weighted by atomic mass is 10.1. The maximum atomic E-state index is 6.30. The zero-order chi connectivity index (χ0) is 21.0. The maximum Gasteiger partial charge on any atom is 0.182 e. The van der Waals surface area contributed by atoms with E-state index >= 15 is 0 Å². The van der Waals surface area contributed by atoms with Crippen LogP contribution in [0.1, 0.15) is 38.3 Å². The molecular weight excluding hydrogens is 398 g/mol. The first-order chi connectivity index (χ1) is 14.5. The second-order valence-corrected chi connectivity index (χ2v) is 9.09. The van der Waals surface area contributed by atoms with Crippen LogP contribution in [0.3, 0.4) is 0 Å². The van der Waals surface area contributed by atoms with Gasteiger partial charge in [0, 0.05) is 30.7 Å². The van der Waals surface area contributed by atoms with Gasteiger partial charge >= 0.3 is 0 Å². The smallest absolute Gasteiger partial charge is 0.182 e. The Bertz CT molecular complexity index is 1080. The highest BCUT2D eigenvalue weighted by Gasteiger charge is 2.55. The first kappa shape index (κ1) is 19.7. The van der Waals surface area contributed by atoms with Crippen molar-refractivity contribution in [3.05, 3.63) is 41.0 Å². The summed E-state index contributed by atoms with van der Waals surface area (Å²) in [6.45, 7) is 2.21. The molecule has 158 valence electrons. The number of aromatic nitrogens is 2. The average Bonchev–Trinajstić information content (AvgIpc) is 3.66. The molecule has 5 rings (SSSR count). The largest absolute Gasteiger partial charge is 0.496 e. The Morgan fingerprint density at radius 2 is 1.67 bits per heavy atom. The van der Waals surface area contributed by atoms with E-state index in [-0.39, 0.29) is 0 Å². The van der Waals surface area contributed by atoms with E-state index < -0.39 is 0 Å². The highest BCUT2D eigenvalue weighted by Crippen LogP contribution is 2.50. The van der Waals surface area contributed by atoms with Gasteiger partial charge in [0.05, 0.1) is 44.6 Å². The van der Waals surface area contributed by atoms with Crippen molar-refractivity contribution in [2.75, 3.05) is 21.3 Å². The zero-order valence-corrected chi connectivity index (χ0v) is 18.9. The minimum absolute atomic E-state index is 0.585. The number of methoxy groups -OCH3 is 2. The van der Waals surface area contributed by atoms with Crippen LogP contribution in [0.2, 0.25) is 5.02 Å². The van der Waals surface area contributed by atoms with Crippen molar-refractivity contribution in [1.29, 1.82) is 0 Å². The third-order valence-corrected chi connectivity index (χ3v) is 7.07. The number of hydrogen-bond donors (Lipinski definition) is 0. The first-order valence-corrected chi connectivity index (χ1v) is 11.2. The predicted molar refractivity (Wildman–Crippen MR) is 122 cm³/mol. The van der Waals surface area contributed by atoms with Gasteiger partial charge in [0.15, 0.2) is 5.69 Å². The summed E-state index contributed by atoms with van der Waals surface area (Å²) in [4.78, 5) is 0. The van der Waals surface area contributed by atoms with Gasteiger partial charge in [-0.25, -0.2) is 4.52 Å². The van der Waals surface area contributed by atoms with Gasteiger partial charge in [-0.05, 0) is 30.7 Å². The number of hydrogen-bond acceptors (Lipinski definition) is 3. The van der Waals surface area contributed by atoms with Gasteiger partial charge in [0.25, 0.3) is 0 Å². The minimum Gasteiger partial charge on any atom is -0.496 e. The van der Waals surface area contributed by atoms with Crippen molar-refractivity contribution in [3.63, 3.8) is 0 Å². The van der Waals surface area contributed by atoms with E-state index in [1.807, 2.05) is 12.1 Å². The molecule has 1 aromatic carbocycles. The number of aryl methyl sites for hydroxylation is 1. The summed E-state index contributed by atoms with van der Waals surface area (Å²) in [5, 5.41) is 5.71. The summed E-state index contributed by atoms with van der Waals surface area (Å²) in [6.07, 6.45) is 6.16. The van der Waals surface area contributed by atoms with Crippen molar-refractivity contribution in [1.82, 2.24) is 14.1 Å². The summed E-state index contributed by atoms with van der Waals surface area (Å²) in [5.41, 5.74) is 5.60. The van der Waals surface area contributed by atoms with Gasteiger partial charge in [-0.3, -0.25) is 4.48 Å². The summed E-state index contributed by atoms with van der Waals surface area (Å²) in [5.74, 6) is 1.37. The van der Waals surface area contributed by atoms with Crippen LogP contribution in [-0.2, 0) is 6.42 Å². The monoisotopic (exact) mass is 426 g/mol. The molecule has 0 unspecified atom stereocenters. The van der Waals surface area contributed by atoms with Gasteiger partial charge in [0.1, 0.15) is 22.7 Å². The molecule has 0 atom stereocenters. The lowest BCUT2D eigenvalue weighted by molar-refractivity contribution is 0.309. The van der Waals surface area contributed by atoms with E-state index in [0.29, 0.717) is 16.5 Å². The van der Waals surface area contributed by atoms with Gasteiger partial charge in [0.2, 0.25) is 0 Å². The van der Waals surface area contributed by atoms with Crippen LogP contribution in [0.5, 0.6) is 11.5 Å². The number of benzene rings is 1. The first-order valence-electron chi connectivity index (χ1n) is 10.8. The quantitative estimate of drug-likeness (QED) is 0.468. The number of ether oxygens (including phenoxy) is 2. The molecule has 0 radical (unpaired) electrons. The summed E-state index contributed by atoms with van der Waals surface area (Å²) >= 11 is 6.30. The Hall–Kier alpha value is -2.24. The van der Waals surface area contributed by atoms with Gasteiger partial charge < -0.3 is 9.47 Å². The van der Waals surface area contributed by atoms with Crippen molar-refractivity contribution >= 4 is 22.8 Å². The topological polar surface area (TPSA) is 35.8 Å². The summed E-state index contributed by atoms with van der Waals surface area (Å²) < 4.78 is 14.5. The van der Waals surface area contributed by atoms with E-state index in [2.05, 4.69) is 36.7 Å².